The highest BCUT2D eigenvalue weighted by Gasteiger charge is 2.16. The van der Waals surface area contributed by atoms with E-state index in [1.807, 2.05) is 42.5 Å². The first-order valence-electron chi connectivity index (χ1n) is 8.97. The Hall–Kier alpha value is -3.35. The molecule has 3 rings (SSSR count). The summed E-state index contributed by atoms with van der Waals surface area (Å²) in [5.74, 6) is 1.26. The quantitative estimate of drug-likeness (QED) is 0.607. The molecule has 2 aromatic carbocycles. The van der Waals surface area contributed by atoms with Crippen molar-refractivity contribution in [3.63, 3.8) is 0 Å². The summed E-state index contributed by atoms with van der Waals surface area (Å²) in [6.07, 6.45) is 0.649. The molecule has 0 spiro atoms. The van der Waals surface area contributed by atoms with Crippen LogP contribution in [0.4, 0.5) is 0 Å². The summed E-state index contributed by atoms with van der Waals surface area (Å²) in [4.78, 5) is 28.7. The van der Waals surface area contributed by atoms with Crippen LogP contribution in [0.1, 0.15) is 23.1 Å². The van der Waals surface area contributed by atoms with Gasteiger partial charge in [0, 0.05) is 13.5 Å². The fourth-order valence-electron chi connectivity index (χ4n) is 3.09. The molecule has 0 atom stereocenters. The van der Waals surface area contributed by atoms with Gasteiger partial charge in [0.25, 0.3) is 0 Å². The molecule has 0 saturated heterocycles. The molecule has 1 amide bonds. The van der Waals surface area contributed by atoms with Crippen molar-refractivity contribution in [1.29, 1.82) is 0 Å². The van der Waals surface area contributed by atoms with Crippen LogP contribution in [0.25, 0.3) is 11.0 Å². The average Bonchev–Trinajstić information content (AvgIpc) is 3.06. The zero-order valence-electron chi connectivity index (χ0n) is 16.2. The van der Waals surface area contributed by atoms with Gasteiger partial charge < -0.3 is 19.4 Å². The number of ether oxygens (including phenoxy) is 2. The number of ketones is 1. The predicted octanol–water partition coefficient (Wildman–Crippen LogP) is 2.62. The molecule has 0 radical (unpaired) electrons. The lowest BCUT2D eigenvalue weighted by Crippen LogP contribution is -2.30. The Bertz CT molecular complexity index is 1010. The number of fused-ring (bicyclic) bond motifs is 1. The van der Waals surface area contributed by atoms with E-state index in [1.54, 1.807) is 18.8 Å². The number of rotatable bonds is 8. The van der Waals surface area contributed by atoms with Gasteiger partial charge >= 0.3 is 0 Å². The van der Waals surface area contributed by atoms with Gasteiger partial charge in [-0.1, -0.05) is 18.2 Å². The van der Waals surface area contributed by atoms with Gasteiger partial charge in [-0.25, -0.2) is 4.98 Å². The van der Waals surface area contributed by atoms with Crippen molar-refractivity contribution in [2.75, 3.05) is 20.8 Å². The highest BCUT2D eigenvalue weighted by Crippen LogP contribution is 2.27. The number of nitrogens with zero attached hydrogens (tertiary/aromatic N) is 2. The van der Waals surface area contributed by atoms with Crippen molar-refractivity contribution in [1.82, 2.24) is 14.9 Å². The Kier molecular flexibility index (Phi) is 5.93. The van der Waals surface area contributed by atoms with E-state index in [9.17, 15) is 9.59 Å². The minimum atomic E-state index is -0.175. The molecular weight excluding hydrogens is 358 g/mol. The Morgan fingerprint density at radius 3 is 2.54 bits per heavy atom. The second-order valence-corrected chi connectivity index (χ2v) is 6.36. The molecule has 0 fully saturated rings. The average molecular weight is 381 g/mol. The molecule has 0 unspecified atom stereocenters. The van der Waals surface area contributed by atoms with E-state index in [2.05, 4.69) is 10.3 Å². The van der Waals surface area contributed by atoms with E-state index >= 15 is 0 Å². The van der Waals surface area contributed by atoms with Gasteiger partial charge in [0.05, 0.1) is 25.3 Å². The van der Waals surface area contributed by atoms with Gasteiger partial charge in [-0.15, -0.1) is 0 Å². The molecule has 7 nitrogen and oxygen atoms in total. The first-order valence-corrected chi connectivity index (χ1v) is 8.97. The van der Waals surface area contributed by atoms with Crippen molar-refractivity contribution >= 4 is 22.7 Å². The minimum absolute atomic E-state index is 0.0430. The summed E-state index contributed by atoms with van der Waals surface area (Å²) >= 11 is 0. The zero-order valence-corrected chi connectivity index (χ0v) is 16.2. The fourth-order valence-corrected chi connectivity index (χ4v) is 3.09. The zero-order chi connectivity index (χ0) is 20.1. The van der Waals surface area contributed by atoms with E-state index in [1.165, 1.54) is 6.92 Å². The van der Waals surface area contributed by atoms with Crippen molar-refractivity contribution in [2.45, 2.75) is 19.9 Å². The van der Waals surface area contributed by atoms with Gasteiger partial charge in [-0.3, -0.25) is 9.59 Å². The number of para-hydroxylation sites is 2. The number of carbonyl (C=O) groups excluding carboxylic acids is 2. The Morgan fingerprint density at radius 1 is 1.07 bits per heavy atom. The smallest absolute Gasteiger partial charge is 0.240 e. The standard InChI is InChI=1S/C21H23N3O4/c1-14(25)21-23-16-6-4-5-7-17(16)24(21)13-20(26)22-11-10-15-8-9-18(27-2)19(12-15)28-3/h4-9,12H,10-11,13H2,1-3H3,(H,22,26). The summed E-state index contributed by atoms with van der Waals surface area (Å²) < 4.78 is 12.2. The second-order valence-electron chi connectivity index (χ2n) is 6.36. The van der Waals surface area contributed by atoms with E-state index in [0.717, 1.165) is 11.1 Å². The van der Waals surface area contributed by atoms with E-state index in [-0.39, 0.29) is 24.1 Å². The van der Waals surface area contributed by atoms with E-state index < -0.39 is 0 Å². The first kappa shape index (κ1) is 19.4. The number of nitrogens with one attached hydrogen (secondary N) is 1. The van der Waals surface area contributed by atoms with Crippen LogP contribution in [-0.2, 0) is 17.8 Å². The molecule has 28 heavy (non-hydrogen) atoms. The SMILES string of the molecule is COc1ccc(CCNC(=O)Cn2c(C(C)=O)nc3ccccc32)cc1OC. The molecule has 1 aromatic heterocycles. The number of benzene rings is 2. The normalized spacial score (nSPS) is 10.7. The molecule has 1 N–H and O–H groups in total. The van der Waals surface area contributed by atoms with Gasteiger partial charge in [-0.2, -0.15) is 0 Å². The third kappa shape index (κ3) is 4.14. The number of Topliss-reactive ketones (excluding diaryl/α,β-unsaturated/α-hetero) is 1. The number of aromatic nitrogens is 2. The largest absolute Gasteiger partial charge is 0.493 e. The summed E-state index contributed by atoms with van der Waals surface area (Å²) in [7, 11) is 3.18. The van der Waals surface area contributed by atoms with Crippen molar-refractivity contribution in [2.24, 2.45) is 0 Å². The Labute approximate surface area is 163 Å². The summed E-state index contributed by atoms with van der Waals surface area (Å²) in [6, 6.07) is 13.1. The molecule has 1 heterocycles. The predicted molar refractivity (Wildman–Crippen MR) is 106 cm³/mol. The highest BCUT2D eigenvalue weighted by atomic mass is 16.5. The number of carbonyl (C=O) groups is 2. The summed E-state index contributed by atoms with van der Waals surface area (Å²) in [5, 5.41) is 2.90. The third-order valence-electron chi connectivity index (χ3n) is 4.45. The lowest BCUT2D eigenvalue weighted by Gasteiger charge is -2.11. The fraction of sp³-hybridized carbons (Fsp3) is 0.286. The van der Waals surface area contributed by atoms with Crippen LogP contribution in [0.15, 0.2) is 42.5 Å². The number of amides is 1. The number of hydrogen-bond acceptors (Lipinski definition) is 5. The van der Waals surface area contributed by atoms with Crippen molar-refractivity contribution in [3.8, 4) is 11.5 Å². The molecule has 146 valence electrons. The maximum Gasteiger partial charge on any atom is 0.240 e. The summed E-state index contributed by atoms with van der Waals surface area (Å²) in [5.41, 5.74) is 2.49. The maximum atomic E-state index is 12.4. The number of imidazole rings is 1. The minimum Gasteiger partial charge on any atom is -0.493 e. The molecule has 7 heteroatoms. The van der Waals surface area contributed by atoms with Crippen LogP contribution in [-0.4, -0.2) is 42.0 Å². The molecule has 0 aliphatic rings. The topological polar surface area (TPSA) is 82.5 Å². The number of methoxy groups -OCH3 is 2. The maximum absolute atomic E-state index is 12.4. The lowest BCUT2D eigenvalue weighted by molar-refractivity contribution is -0.121. The van der Waals surface area contributed by atoms with Crippen LogP contribution < -0.4 is 14.8 Å². The number of hydrogen-bond donors (Lipinski definition) is 1. The first-order chi connectivity index (χ1) is 13.5. The van der Waals surface area contributed by atoms with Crippen LogP contribution in [0, 0.1) is 0 Å². The van der Waals surface area contributed by atoms with Crippen LogP contribution in [0.5, 0.6) is 11.5 Å². The molecule has 0 aliphatic carbocycles. The summed E-state index contributed by atoms with van der Waals surface area (Å²) in [6.45, 7) is 1.96. The van der Waals surface area contributed by atoms with Gasteiger partial charge in [0.1, 0.15) is 6.54 Å². The Balaban J connectivity index is 1.65. The van der Waals surface area contributed by atoms with E-state index in [0.29, 0.717) is 30.0 Å². The van der Waals surface area contributed by atoms with Gasteiger partial charge in [-0.05, 0) is 36.2 Å². The van der Waals surface area contributed by atoms with Crippen LogP contribution in [0.2, 0.25) is 0 Å². The molecule has 0 saturated carbocycles. The van der Waals surface area contributed by atoms with E-state index in [4.69, 9.17) is 9.47 Å². The lowest BCUT2D eigenvalue weighted by atomic mass is 10.1. The molecule has 3 aromatic rings. The molecule has 0 bridgehead atoms. The van der Waals surface area contributed by atoms with Crippen LogP contribution in [0.3, 0.4) is 0 Å². The molecular formula is C21H23N3O4. The molecule has 0 aliphatic heterocycles. The third-order valence-corrected chi connectivity index (χ3v) is 4.45. The highest BCUT2D eigenvalue weighted by molar-refractivity contribution is 5.95. The van der Waals surface area contributed by atoms with Gasteiger partial charge in [0.15, 0.2) is 23.1 Å². The monoisotopic (exact) mass is 381 g/mol. The van der Waals surface area contributed by atoms with Gasteiger partial charge in [0.2, 0.25) is 5.91 Å². The second kappa shape index (κ2) is 8.56. The van der Waals surface area contributed by atoms with Crippen molar-refractivity contribution in [3.05, 3.63) is 53.9 Å². The Morgan fingerprint density at radius 2 is 1.82 bits per heavy atom. The van der Waals surface area contributed by atoms with Crippen LogP contribution >= 0.6 is 0 Å². The van der Waals surface area contributed by atoms with Crippen molar-refractivity contribution < 1.29 is 19.1 Å².